The van der Waals surface area contributed by atoms with Gasteiger partial charge >= 0.3 is 17.9 Å². The summed E-state index contributed by atoms with van der Waals surface area (Å²) in [5.41, 5.74) is 0. The second kappa shape index (κ2) is 51.3. The maximum absolute atomic E-state index is 12.8. The largest absolute Gasteiger partial charge is 0.462 e. The monoisotopic (exact) mass is 933 g/mol. The number of unbranched alkanes of at least 4 members (excludes halogenated alkanes) is 35. The normalized spacial score (nSPS) is 12.5. The van der Waals surface area contributed by atoms with Crippen molar-refractivity contribution < 1.29 is 28.6 Å². The zero-order chi connectivity index (χ0) is 48.4. The molecule has 2 atom stereocenters. The summed E-state index contributed by atoms with van der Waals surface area (Å²) in [7, 11) is 0. The van der Waals surface area contributed by atoms with Gasteiger partial charge in [0.2, 0.25) is 0 Å². The molecular weight excluding hydrogens is 817 g/mol. The molecule has 6 nitrogen and oxygen atoms in total. The van der Waals surface area contributed by atoms with Gasteiger partial charge in [0.05, 0.1) is 0 Å². The van der Waals surface area contributed by atoms with E-state index in [9.17, 15) is 14.4 Å². The highest BCUT2D eigenvalue weighted by Gasteiger charge is 2.19. The van der Waals surface area contributed by atoms with Crippen molar-refractivity contribution in [3.05, 3.63) is 0 Å². The summed E-state index contributed by atoms with van der Waals surface area (Å²) in [6.45, 7) is 13.8. The Labute approximate surface area is 412 Å². The smallest absolute Gasteiger partial charge is 0.306 e. The second-order valence-corrected chi connectivity index (χ2v) is 21.8. The van der Waals surface area contributed by atoms with Crippen molar-refractivity contribution in [1.82, 2.24) is 0 Å². The van der Waals surface area contributed by atoms with E-state index in [1.165, 1.54) is 212 Å². The van der Waals surface area contributed by atoms with Crippen molar-refractivity contribution in [2.45, 2.75) is 337 Å². The molecule has 0 spiro atoms. The van der Waals surface area contributed by atoms with E-state index in [4.69, 9.17) is 14.2 Å². The molecule has 1 unspecified atom stereocenters. The van der Waals surface area contributed by atoms with E-state index in [1.54, 1.807) is 0 Å². The number of hydrogen-bond acceptors (Lipinski definition) is 6. The number of rotatable bonds is 53. The molecule has 0 aromatic carbocycles. The highest BCUT2D eigenvalue weighted by atomic mass is 16.6. The maximum atomic E-state index is 12.8. The fourth-order valence-corrected chi connectivity index (χ4v) is 9.14. The Balaban J connectivity index is 4.22. The minimum absolute atomic E-state index is 0.0640. The van der Waals surface area contributed by atoms with Gasteiger partial charge in [-0.1, -0.05) is 292 Å². The molecular formula is C60H116O6. The van der Waals surface area contributed by atoms with Crippen LogP contribution in [0.15, 0.2) is 0 Å². The molecule has 66 heavy (non-hydrogen) atoms. The van der Waals surface area contributed by atoms with Crippen LogP contribution in [0.5, 0.6) is 0 Å². The average molecular weight is 934 g/mol. The van der Waals surface area contributed by atoms with Gasteiger partial charge in [0.25, 0.3) is 0 Å². The predicted octanol–water partition coefficient (Wildman–Crippen LogP) is 19.5. The molecule has 0 aliphatic heterocycles. The topological polar surface area (TPSA) is 78.9 Å². The van der Waals surface area contributed by atoms with E-state index in [-0.39, 0.29) is 31.1 Å². The SMILES string of the molecule is CCC(C)CCCCCCCCC(=O)OC[C@H](COC(=O)CCCCCCCCCCCCCCCCCCCCC(C)C)OC(=O)CCCCCCCCCCCCCCCCC(C)C. The van der Waals surface area contributed by atoms with Crippen LogP contribution in [0.25, 0.3) is 0 Å². The third-order valence-corrected chi connectivity index (χ3v) is 14.0. The quantitative estimate of drug-likeness (QED) is 0.0343. The highest BCUT2D eigenvalue weighted by Crippen LogP contribution is 2.19. The van der Waals surface area contributed by atoms with Gasteiger partial charge in [0.1, 0.15) is 13.2 Å². The number of carbonyl (C=O) groups is 3. The molecule has 0 heterocycles. The summed E-state index contributed by atoms with van der Waals surface area (Å²) in [6, 6.07) is 0. The van der Waals surface area contributed by atoms with Crippen LogP contribution in [-0.2, 0) is 28.6 Å². The zero-order valence-electron chi connectivity index (χ0n) is 45.5. The summed E-state index contributed by atoms with van der Waals surface area (Å²) < 4.78 is 16.9. The van der Waals surface area contributed by atoms with E-state index in [0.29, 0.717) is 19.3 Å². The van der Waals surface area contributed by atoms with Gasteiger partial charge in [-0.2, -0.15) is 0 Å². The average Bonchev–Trinajstić information content (AvgIpc) is 3.29. The van der Waals surface area contributed by atoms with Crippen molar-refractivity contribution in [2.24, 2.45) is 17.8 Å². The summed E-state index contributed by atoms with van der Waals surface area (Å²) in [5.74, 6) is 1.67. The van der Waals surface area contributed by atoms with Gasteiger partial charge in [0.15, 0.2) is 6.10 Å². The van der Waals surface area contributed by atoms with Crippen LogP contribution in [0.1, 0.15) is 330 Å². The Hall–Kier alpha value is -1.59. The minimum atomic E-state index is -0.764. The summed E-state index contributed by atoms with van der Waals surface area (Å²) in [5, 5.41) is 0. The molecule has 0 rings (SSSR count). The Kier molecular flexibility index (Phi) is 50.0. The van der Waals surface area contributed by atoms with Gasteiger partial charge < -0.3 is 14.2 Å². The van der Waals surface area contributed by atoms with Gasteiger partial charge in [-0.15, -0.1) is 0 Å². The van der Waals surface area contributed by atoms with Crippen LogP contribution < -0.4 is 0 Å². The van der Waals surface area contributed by atoms with Crippen molar-refractivity contribution in [1.29, 1.82) is 0 Å². The first-order valence-corrected chi connectivity index (χ1v) is 29.6. The third-order valence-electron chi connectivity index (χ3n) is 14.0. The maximum Gasteiger partial charge on any atom is 0.306 e. The summed E-state index contributed by atoms with van der Waals surface area (Å²) in [4.78, 5) is 38.1. The van der Waals surface area contributed by atoms with Crippen molar-refractivity contribution in [3.63, 3.8) is 0 Å². The molecule has 0 aromatic heterocycles. The molecule has 0 saturated heterocycles. The van der Waals surface area contributed by atoms with Crippen molar-refractivity contribution in [2.75, 3.05) is 13.2 Å². The van der Waals surface area contributed by atoms with E-state index < -0.39 is 6.10 Å². The third kappa shape index (κ3) is 51.8. The van der Waals surface area contributed by atoms with Crippen molar-refractivity contribution in [3.8, 4) is 0 Å². The van der Waals surface area contributed by atoms with Gasteiger partial charge in [-0.25, -0.2) is 0 Å². The minimum Gasteiger partial charge on any atom is -0.462 e. The standard InChI is InChI=1S/C60H116O6/c1-7-56(6)48-42-36-32-33-38-44-50-59(62)65-53-57(66-60(63)51-45-39-31-27-23-19-15-14-17-21-25-29-35-41-47-55(4)5)52-64-58(61)49-43-37-30-26-22-18-13-11-9-8-10-12-16-20-24-28-34-40-46-54(2)3/h54-57H,7-53H2,1-6H3/t56?,57-/m0/s1. The number of hydrogen-bond donors (Lipinski definition) is 0. The molecule has 6 heteroatoms. The summed E-state index contributed by atoms with van der Waals surface area (Å²) in [6.07, 6.45) is 53.9. The van der Waals surface area contributed by atoms with E-state index in [2.05, 4.69) is 41.5 Å². The van der Waals surface area contributed by atoms with E-state index in [1.807, 2.05) is 0 Å². The first-order valence-electron chi connectivity index (χ1n) is 29.6. The molecule has 0 aromatic rings. The summed E-state index contributed by atoms with van der Waals surface area (Å²) >= 11 is 0. The van der Waals surface area contributed by atoms with E-state index in [0.717, 1.165) is 75.5 Å². The zero-order valence-corrected chi connectivity index (χ0v) is 45.5. The van der Waals surface area contributed by atoms with Crippen LogP contribution in [0.4, 0.5) is 0 Å². The van der Waals surface area contributed by atoms with Crippen LogP contribution >= 0.6 is 0 Å². The predicted molar refractivity (Wildman–Crippen MR) is 284 cm³/mol. The number of carbonyl (C=O) groups excluding carboxylic acids is 3. The highest BCUT2D eigenvalue weighted by molar-refractivity contribution is 5.71. The second-order valence-electron chi connectivity index (χ2n) is 21.8. The van der Waals surface area contributed by atoms with Crippen LogP contribution in [-0.4, -0.2) is 37.2 Å². The molecule has 0 aliphatic carbocycles. The first kappa shape index (κ1) is 64.4. The van der Waals surface area contributed by atoms with Crippen LogP contribution in [0.2, 0.25) is 0 Å². The number of esters is 3. The Bertz CT molecular complexity index is 1020. The fraction of sp³-hybridized carbons (Fsp3) is 0.950. The van der Waals surface area contributed by atoms with Gasteiger partial charge in [-0.05, 0) is 37.0 Å². The lowest BCUT2D eigenvalue weighted by Crippen LogP contribution is -2.30. The molecule has 0 amide bonds. The molecule has 392 valence electrons. The number of ether oxygens (including phenoxy) is 3. The lowest BCUT2D eigenvalue weighted by Gasteiger charge is -2.18. The molecule has 0 N–H and O–H groups in total. The first-order chi connectivity index (χ1) is 32.1. The Morgan fingerprint density at radius 2 is 0.530 bits per heavy atom. The lowest BCUT2D eigenvalue weighted by atomic mass is 10.00. The van der Waals surface area contributed by atoms with E-state index >= 15 is 0 Å². The van der Waals surface area contributed by atoms with Crippen molar-refractivity contribution >= 4 is 17.9 Å². The Morgan fingerprint density at radius 1 is 0.303 bits per heavy atom. The molecule has 0 fully saturated rings. The molecule has 0 saturated carbocycles. The van der Waals surface area contributed by atoms with Crippen LogP contribution in [0, 0.1) is 17.8 Å². The molecule has 0 bridgehead atoms. The Morgan fingerprint density at radius 3 is 0.788 bits per heavy atom. The van der Waals surface area contributed by atoms with Gasteiger partial charge in [-0.3, -0.25) is 14.4 Å². The van der Waals surface area contributed by atoms with Crippen LogP contribution in [0.3, 0.4) is 0 Å². The van der Waals surface area contributed by atoms with Gasteiger partial charge in [0, 0.05) is 19.3 Å². The lowest BCUT2D eigenvalue weighted by molar-refractivity contribution is -0.167. The fourth-order valence-electron chi connectivity index (χ4n) is 9.14. The molecule has 0 radical (unpaired) electrons. The molecule has 0 aliphatic rings.